The monoisotopic (exact) mass is 519 g/mol. The number of benzene rings is 1. The summed E-state index contributed by atoms with van der Waals surface area (Å²) < 4.78 is 69.2. The van der Waals surface area contributed by atoms with E-state index in [0.29, 0.717) is 30.5 Å². The summed E-state index contributed by atoms with van der Waals surface area (Å²) in [6.07, 6.45) is 0.961. The van der Waals surface area contributed by atoms with Crippen molar-refractivity contribution in [2.45, 2.75) is 57.1 Å². The molecule has 0 spiro atoms. The molecular formula is C27H26F5N3O2. The Morgan fingerprint density at radius 3 is 2.43 bits per heavy atom. The van der Waals surface area contributed by atoms with Crippen molar-refractivity contribution in [2.75, 3.05) is 0 Å². The van der Waals surface area contributed by atoms with Gasteiger partial charge in [0.1, 0.15) is 28.8 Å². The summed E-state index contributed by atoms with van der Waals surface area (Å²) in [5, 5.41) is 10.6. The Balaban J connectivity index is 1.64. The predicted molar refractivity (Wildman–Crippen MR) is 127 cm³/mol. The molecule has 37 heavy (non-hydrogen) atoms. The van der Waals surface area contributed by atoms with Gasteiger partial charge in [0.05, 0.1) is 11.2 Å². The SMILES string of the molecule is C[C@H]1C[C@@H](c2ccncc2CC(=O)c2ccc(F)c(-c3c(F)cc(C(F)F)cc3F)n2)C[C@@H](N)[C@]1(C)O. The molecule has 4 atom stereocenters. The van der Waals surface area contributed by atoms with E-state index in [1.807, 2.05) is 6.92 Å². The number of aliphatic hydroxyl groups is 1. The van der Waals surface area contributed by atoms with Gasteiger partial charge in [-0.25, -0.2) is 26.9 Å². The Morgan fingerprint density at radius 2 is 1.81 bits per heavy atom. The number of hydrogen-bond donors (Lipinski definition) is 2. The molecule has 10 heteroatoms. The first-order chi connectivity index (χ1) is 17.4. The third kappa shape index (κ3) is 5.26. The number of hydrogen-bond acceptors (Lipinski definition) is 5. The topological polar surface area (TPSA) is 89.1 Å². The number of rotatable bonds is 6. The van der Waals surface area contributed by atoms with Gasteiger partial charge in [0, 0.05) is 30.4 Å². The summed E-state index contributed by atoms with van der Waals surface area (Å²) in [6, 6.07) is 4.08. The first-order valence-electron chi connectivity index (χ1n) is 11.8. The maximum absolute atomic E-state index is 14.5. The zero-order valence-corrected chi connectivity index (χ0v) is 20.2. The molecule has 0 unspecified atom stereocenters. The van der Waals surface area contributed by atoms with Crippen LogP contribution < -0.4 is 5.73 Å². The lowest BCUT2D eigenvalue weighted by atomic mass is 9.67. The molecular weight excluding hydrogens is 493 g/mol. The summed E-state index contributed by atoms with van der Waals surface area (Å²) in [4.78, 5) is 21.1. The largest absolute Gasteiger partial charge is 0.388 e. The van der Waals surface area contributed by atoms with Gasteiger partial charge in [-0.2, -0.15) is 0 Å². The Hall–Kier alpha value is -3.24. The van der Waals surface area contributed by atoms with Crippen LogP contribution in [0.3, 0.4) is 0 Å². The van der Waals surface area contributed by atoms with E-state index in [4.69, 9.17) is 5.73 Å². The first kappa shape index (κ1) is 26.8. The lowest BCUT2D eigenvalue weighted by Crippen LogP contribution is -2.54. The average molecular weight is 520 g/mol. The summed E-state index contributed by atoms with van der Waals surface area (Å²) in [5.74, 6) is -4.64. The van der Waals surface area contributed by atoms with Crippen LogP contribution in [0.25, 0.3) is 11.3 Å². The summed E-state index contributed by atoms with van der Waals surface area (Å²) in [6.45, 7) is 3.62. The van der Waals surface area contributed by atoms with Crippen molar-refractivity contribution >= 4 is 5.78 Å². The van der Waals surface area contributed by atoms with Gasteiger partial charge in [0.2, 0.25) is 0 Å². The second-order valence-electron chi connectivity index (χ2n) is 9.76. The number of carbonyl (C=O) groups is 1. The molecule has 1 aromatic carbocycles. The van der Waals surface area contributed by atoms with E-state index in [1.54, 1.807) is 19.2 Å². The fraction of sp³-hybridized carbons (Fsp3) is 0.370. The Bertz CT molecular complexity index is 1290. The minimum absolute atomic E-state index is 0.0377. The van der Waals surface area contributed by atoms with Crippen LogP contribution in [0.1, 0.15) is 66.2 Å². The zero-order valence-electron chi connectivity index (χ0n) is 20.2. The minimum Gasteiger partial charge on any atom is -0.388 e. The van der Waals surface area contributed by atoms with Crippen molar-refractivity contribution in [3.8, 4) is 11.3 Å². The van der Waals surface area contributed by atoms with Crippen LogP contribution in [0, 0.1) is 23.4 Å². The number of carbonyl (C=O) groups excluding carboxylic acids is 1. The lowest BCUT2D eigenvalue weighted by Gasteiger charge is -2.44. The minimum atomic E-state index is -3.12. The fourth-order valence-corrected chi connectivity index (χ4v) is 4.89. The highest BCUT2D eigenvalue weighted by atomic mass is 19.3. The second kappa shape index (κ2) is 10.3. The van der Waals surface area contributed by atoms with Crippen LogP contribution in [-0.2, 0) is 6.42 Å². The number of aromatic nitrogens is 2. The number of nitrogens with two attached hydrogens (primary N) is 1. The van der Waals surface area contributed by atoms with Crippen LogP contribution >= 0.6 is 0 Å². The third-order valence-corrected chi connectivity index (χ3v) is 7.34. The number of alkyl halides is 2. The van der Waals surface area contributed by atoms with Gasteiger partial charge in [-0.05, 0) is 73.1 Å². The third-order valence-electron chi connectivity index (χ3n) is 7.34. The number of halogens is 5. The zero-order chi connectivity index (χ0) is 27.1. The van der Waals surface area contributed by atoms with Gasteiger partial charge < -0.3 is 10.8 Å². The van der Waals surface area contributed by atoms with Gasteiger partial charge >= 0.3 is 0 Å². The normalized spacial score (nSPS) is 23.9. The maximum atomic E-state index is 14.5. The van der Waals surface area contributed by atoms with Crippen molar-refractivity contribution in [1.29, 1.82) is 0 Å². The maximum Gasteiger partial charge on any atom is 0.264 e. The Kier molecular flexibility index (Phi) is 7.43. The highest BCUT2D eigenvalue weighted by molar-refractivity contribution is 5.96. The van der Waals surface area contributed by atoms with Crippen LogP contribution in [-0.4, -0.2) is 32.5 Å². The molecule has 3 N–H and O–H groups in total. The van der Waals surface area contributed by atoms with E-state index in [9.17, 15) is 31.9 Å². The standard InChI is InChI=1S/C27H26F5N3O2/c1-13-7-14(11-23(33)27(13,2)37)17-5-6-34-12-16(17)10-22(36)21-4-3-18(28)25(35-21)24-19(29)8-15(26(31)32)9-20(24)30/h3-6,8-9,12-14,23,26,37H,7,10-11,33H2,1-2H3/t13-,14+,23+,27+/m0/s1. The van der Waals surface area contributed by atoms with E-state index in [2.05, 4.69) is 9.97 Å². The highest BCUT2D eigenvalue weighted by Crippen LogP contribution is 2.42. The van der Waals surface area contributed by atoms with Crippen molar-refractivity contribution in [3.63, 3.8) is 0 Å². The molecule has 5 nitrogen and oxygen atoms in total. The van der Waals surface area contributed by atoms with Crippen molar-refractivity contribution in [3.05, 3.63) is 82.6 Å². The van der Waals surface area contributed by atoms with Gasteiger partial charge in [0.25, 0.3) is 6.43 Å². The van der Waals surface area contributed by atoms with E-state index in [0.717, 1.165) is 17.7 Å². The molecule has 1 fully saturated rings. The number of Topliss-reactive ketones (excluding diaryl/α,β-unsaturated/α-hetero) is 1. The molecule has 2 heterocycles. The van der Waals surface area contributed by atoms with E-state index < -0.39 is 58.1 Å². The molecule has 1 aliphatic carbocycles. The number of ketones is 1. The molecule has 1 saturated carbocycles. The average Bonchev–Trinajstić information content (AvgIpc) is 2.83. The quantitative estimate of drug-likeness (QED) is 0.331. The highest BCUT2D eigenvalue weighted by Gasteiger charge is 2.42. The molecule has 2 aromatic heterocycles. The molecule has 0 bridgehead atoms. The molecule has 196 valence electrons. The fourth-order valence-electron chi connectivity index (χ4n) is 4.89. The summed E-state index contributed by atoms with van der Waals surface area (Å²) in [7, 11) is 0. The van der Waals surface area contributed by atoms with Gasteiger partial charge in [-0.15, -0.1) is 0 Å². The Labute approximate surface area is 210 Å². The summed E-state index contributed by atoms with van der Waals surface area (Å²) >= 11 is 0. The van der Waals surface area contributed by atoms with Crippen molar-refractivity contribution in [2.24, 2.45) is 11.7 Å². The van der Waals surface area contributed by atoms with Gasteiger partial charge in [0.15, 0.2) is 5.78 Å². The number of pyridine rings is 2. The van der Waals surface area contributed by atoms with Crippen LogP contribution in [0.15, 0.2) is 42.7 Å². The molecule has 0 radical (unpaired) electrons. The van der Waals surface area contributed by atoms with Crippen LogP contribution in [0.5, 0.6) is 0 Å². The molecule has 0 aliphatic heterocycles. The van der Waals surface area contributed by atoms with E-state index >= 15 is 0 Å². The van der Waals surface area contributed by atoms with Crippen LogP contribution in [0.4, 0.5) is 22.0 Å². The first-order valence-corrected chi connectivity index (χ1v) is 11.8. The van der Waals surface area contributed by atoms with Crippen molar-refractivity contribution < 1.29 is 31.9 Å². The predicted octanol–water partition coefficient (Wildman–Crippen LogP) is 5.52. The van der Waals surface area contributed by atoms with E-state index in [-0.39, 0.29) is 24.0 Å². The van der Waals surface area contributed by atoms with Gasteiger partial charge in [-0.3, -0.25) is 9.78 Å². The molecule has 4 rings (SSSR count). The molecule has 0 saturated heterocycles. The van der Waals surface area contributed by atoms with Gasteiger partial charge in [-0.1, -0.05) is 6.92 Å². The van der Waals surface area contributed by atoms with E-state index in [1.165, 1.54) is 6.20 Å². The lowest BCUT2D eigenvalue weighted by molar-refractivity contribution is -0.0464. The second-order valence-corrected chi connectivity index (χ2v) is 9.76. The molecule has 0 amide bonds. The summed E-state index contributed by atoms with van der Waals surface area (Å²) in [5.41, 5.74) is 3.76. The number of nitrogens with zero attached hydrogens (tertiary/aromatic N) is 2. The van der Waals surface area contributed by atoms with Crippen LogP contribution in [0.2, 0.25) is 0 Å². The Morgan fingerprint density at radius 1 is 1.14 bits per heavy atom. The molecule has 3 aromatic rings. The van der Waals surface area contributed by atoms with Crippen molar-refractivity contribution in [1.82, 2.24) is 9.97 Å². The smallest absolute Gasteiger partial charge is 0.264 e. The molecule has 1 aliphatic rings.